The lowest BCUT2D eigenvalue weighted by Gasteiger charge is -1.92. The van der Waals surface area contributed by atoms with Gasteiger partial charge in [0, 0.05) is 12.3 Å². The van der Waals surface area contributed by atoms with Crippen LogP contribution in [0.4, 0.5) is 0 Å². The molecule has 2 heterocycles. The third-order valence-corrected chi connectivity index (χ3v) is 2.95. The molecule has 0 amide bonds. The van der Waals surface area contributed by atoms with E-state index in [1.165, 1.54) is 11.3 Å². The maximum atomic E-state index is 9.27. The average Bonchev–Trinajstić information content (AvgIpc) is 2.55. The third kappa shape index (κ3) is 1.25. The first-order chi connectivity index (χ1) is 5.38. The van der Waals surface area contributed by atoms with Crippen LogP contribution in [-0.2, 0) is 0 Å². The van der Waals surface area contributed by atoms with Gasteiger partial charge in [-0.15, -0.1) is 11.8 Å². The number of rotatable bonds is 1. The summed E-state index contributed by atoms with van der Waals surface area (Å²) in [7, 11) is 0. The van der Waals surface area contributed by atoms with Crippen LogP contribution >= 0.6 is 23.1 Å². The van der Waals surface area contributed by atoms with Gasteiger partial charge < -0.3 is 5.11 Å². The highest BCUT2D eigenvalue weighted by Gasteiger charge is 2.15. The average molecular weight is 186 g/mol. The maximum Gasteiger partial charge on any atom is 0.201 e. The molecule has 1 aromatic heterocycles. The number of hydrogen-bond donors (Lipinski definition) is 1. The van der Waals surface area contributed by atoms with Crippen LogP contribution in [0, 0.1) is 0 Å². The van der Waals surface area contributed by atoms with Crippen molar-refractivity contribution in [2.75, 3.05) is 12.3 Å². The van der Waals surface area contributed by atoms with Gasteiger partial charge in [-0.25, -0.2) is 4.98 Å². The molecule has 0 aliphatic carbocycles. The third-order valence-electron chi connectivity index (χ3n) is 1.34. The summed E-state index contributed by atoms with van der Waals surface area (Å²) in [5.41, 5.74) is 2.28. The molecule has 5 heteroatoms. The van der Waals surface area contributed by atoms with E-state index in [0.29, 0.717) is 5.69 Å². The molecule has 1 aromatic rings. The number of hydrogen-bond acceptors (Lipinski definition) is 5. The van der Waals surface area contributed by atoms with Crippen molar-refractivity contribution >= 4 is 28.1 Å². The van der Waals surface area contributed by atoms with E-state index in [1.54, 1.807) is 17.3 Å². The van der Waals surface area contributed by atoms with Crippen LogP contribution in [0.3, 0.4) is 0 Å². The highest BCUT2D eigenvalue weighted by Crippen LogP contribution is 2.27. The SMILES string of the molecule is Oc1scnc1C1=NCCS1. The van der Waals surface area contributed by atoms with Crippen LogP contribution in [0.25, 0.3) is 0 Å². The predicted octanol–water partition coefficient (Wildman–Crippen LogP) is 1.34. The van der Waals surface area contributed by atoms with Gasteiger partial charge in [0.05, 0.1) is 5.51 Å². The summed E-state index contributed by atoms with van der Waals surface area (Å²) >= 11 is 2.89. The molecule has 0 spiro atoms. The summed E-state index contributed by atoms with van der Waals surface area (Å²) in [4.78, 5) is 8.22. The molecule has 0 fully saturated rings. The minimum absolute atomic E-state index is 0.276. The second-order valence-electron chi connectivity index (χ2n) is 2.04. The molecule has 2 rings (SSSR count). The smallest absolute Gasteiger partial charge is 0.201 e. The summed E-state index contributed by atoms with van der Waals surface area (Å²) in [5, 5.41) is 10.4. The van der Waals surface area contributed by atoms with Crippen LogP contribution in [-0.4, -0.2) is 27.4 Å². The Hall–Kier alpha value is -0.550. The fraction of sp³-hybridized carbons (Fsp3) is 0.333. The van der Waals surface area contributed by atoms with E-state index in [4.69, 9.17) is 0 Å². The van der Waals surface area contributed by atoms with Gasteiger partial charge in [-0.2, -0.15) is 0 Å². The zero-order chi connectivity index (χ0) is 7.68. The van der Waals surface area contributed by atoms with E-state index in [0.717, 1.165) is 17.3 Å². The molecule has 1 aliphatic rings. The monoisotopic (exact) mass is 186 g/mol. The zero-order valence-electron chi connectivity index (χ0n) is 5.65. The molecule has 0 saturated heterocycles. The molecular weight excluding hydrogens is 180 g/mol. The van der Waals surface area contributed by atoms with E-state index < -0.39 is 0 Å². The molecule has 11 heavy (non-hydrogen) atoms. The van der Waals surface area contributed by atoms with Crippen LogP contribution < -0.4 is 0 Å². The number of aromatic nitrogens is 1. The lowest BCUT2D eigenvalue weighted by atomic mass is 10.5. The first-order valence-corrected chi connectivity index (χ1v) is 5.04. The number of thiazole rings is 1. The fourth-order valence-electron chi connectivity index (χ4n) is 0.865. The Morgan fingerprint density at radius 1 is 1.55 bits per heavy atom. The Morgan fingerprint density at radius 2 is 2.45 bits per heavy atom. The molecule has 0 radical (unpaired) electrons. The maximum absolute atomic E-state index is 9.27. The number of nitrogens with zero attached hydrogens (tertiary/aromatic N) is 2. The Balaban J connectivity index is 2.35. The van der Waals surface area contributed by atoms with Crippen molar-refractivity contribution in [1.82, 2.24) is 4.98 Å². The largest absolute Gasteiger partial charge is 0.498 e. The Morgan fingerprint density at radius 3 is 3.00 bits per heavy atom. The Kier molecular flexibility index (Phi) is 1.83. The van der Waals surface area contributed by atoms with Crippen molar-refractivity contribution < 1.29 is 5.11 Å². The van der Waals surface area contributed by atoms with Gasteiger partial charge in [-0.1, -0.05) is 11.3 Å². The molecule has 0 bridgehead atoms. The standard InChI is InChI=1S/C6H6N2OS2/c9-6-4(8-3-11-6)5-7-1-2-10-5/h3,9H,1-2H2. The molecule has 58 valence electrons. The lowest BCUT2D eigenvalue weighted by molar-refractivity contribution is 0.488. The minimum atomic E-state index is 0.276. The summed E-state index contributed by atoms with van der Waals surface area (Å²) in [6.07, 6.45) is 0. The molecule has 1 aliphatic heterocycles. The van der Waals surface area contributed by atoms with Crippen molar-refractivity contribution in [2.45, 2.75) is 0 Å². The van der Waals surface area contributed by atoms with E-state index in [1.807, 2.05) is 0 Å². The van der Waals surface area contributed by atoms with Crippen molar-refractivity contribution in [3.8, 4) is 5.06 Å². The summed E-state index contributed by atoms with van der Waals surface area (Å²) in [5.74, 6) is 1.01. The second-order valence-corrected chi connectivity index (χ2v) is 3.96. The van der Waals surface area contributed by atoms with Crippen LogP contribution in [0.5, 0.6) is 5.06 Å². The number of thioether (sulfide) groups is 1. The van der Waals surface area contributed by atoms with Crippen LogP contribution in [0.1, 0.15) is 5.69 Å². The number of aliphatic imine (C=N–C) groups is 1. The van der Waals surface area contributed by atoms with Crippen molar-refractivity contribution in [3.63, 3.8) is 0 Å². The van der Waals surface area contributed by atoms with Crippen molar-refractivity contribution in [2.24, 2.45) is 4.99 Å². The summed E-state index contributed by atoms with van der Waals surface area (Å²) in [6, 6.07) is 0. The van der Waals surface area contributed by atoms with Crippen LogP contribution in [0.2, 0.25) is 0 Å². The Bertz CT molecular complexity index is 295. The molecule has 0 aromatic carbocycles. The second kappa shape index (κ2) is 2.83. The first kappa shape index (κ1) is 7.12. The lowest BCUT2D eigenvalue weighted by Crippen LogP contribution is -1.91. The van der Waals surface area contributed by atoms with Gasteiger partial charge >= 0.3 is 0 Å². The summed E-state index contributed by atoms with van der Waals surface area (Å²) < 4.78 is 0. The quantitative estimate of drug-likeness (QED) is 0.720. The molecule has 0 atom stereocenters. The normalized spacial score (nSPS) is 16.9. The van der Waals surface area contributed by atoms with Gasteiger partial charge in [0.1, 0.15) is 10.7 Å². The zero-order valence-corrected chi connectivity index (χ0v) is 7.28. The molecular formula is C6H6N2OS2. The van der Waals surface area contributed by atoms with E-state index in [-0.39, 0.29) is 5.06 Å². The van der Waals surface area contributed by atoms with Gasteiger partial charge in [-0.3, -0.25) is 4.99 Å². The number of aromatic hydroxyl groups is 1. The Labute approximate surface area is 72.2 Å². The van der Waals surface area contributed by atoms with Gasteiger partial charge in [0.2, 0.25) is 5.06 Å². The molecule has 1 N–H and O–H groups in total. The van der Waals surface area contributed by atoms with E-state index >= 15 is 0 Å². The van der Waals surface area contributed by atoms with Gasteiger partial charge in [-0.05, 0) is 0 Å². The van der Waals surface area contributed by atoms with E-state index in [9.17, 15) is 5.11 Å². The molecule has 0 saturated carbocycles. The molecule has 3 nitrogen and oxygen atoms in total. The highest BCUT2D eigenvalue weighted by atomic mass is 32.2. The highest BCUT2D eigenvalue weighted by molar-refractivity contribution is 8.14. The van der Waals surface area contributed by atoms with Crippen molar-refractivity contribution in [3.05, 3.63) is 11.2 Å². The molecule has 0 unspecified atom stereocenters. The first-order valence-electron chi connectivity index (χ1n) is 3.18. The van der Waals surface area contributed by atoms with Crippen molar-refractivity contribution in [1.29, 1.82) is 0 Å². The van der Waals surface area contributed by atoms with Gasteiger partial charge in [0.25, 0.3) is 0 Å². The fourth-order valence-corrected chi connectivity index (χ4v) is 2.29. The summed E-state index contributed by atoms with van der Waals surface area (Å²) in [6.45, 7) is 0.844. The van der Waals surface area contributed by atoms with Crippen LogP contribution in [0.15, 0.2) is 10.5 Å². The minimum Gasteiger partial charge on any atom is -0.498 e. The predicted molar refractivity (Wildman–Crippen MR) is 47.6 cm³/mol. The van der Waals surface area contributed by atoms with E-state index in [2.05, 4.69) is 9.98 Å². The van der Waals surface area contributed by atoms with Gasteiger partial charge in [0.15, 0.2) is 0 Å². The topological polar surface area (TPSA) is 45.5 Å².